The SMILES string of the molecule is CSCC[C@H](NC(=O)[C@@H]1CCCN1C(=O)[C@H](CCCCN)NC(=O)[C@@H](N)Cc1ccccc1)C(=O)N1CCC[C@H]1C(=O)N[C@@H](CC(C)C)C(=O)N[C@H](C)C(=O)N[C@@H](CCCN=C(N)N)C(=O)O. The number of rotatable bonds is 28. The summed E-state index contributed by atoms with van der Waals surface area (Å²) in [6.07, 6.45) is 6.00. The number of thioether (sulfide) groups is 1. The van der Waals surface area contributed by atoms with Crippen LogP contribution in [0.5, 0.6) is 0 Å². The Balaban J connectivity index is 1.71. The number of amides is 7. The van der Waals surface area contributed by atoms with Crippen molar-refractivity contribution in [2.45, 2.75) is 146 Å². The van der Waals surface area contributed by atoms with Crippen molar-refractivity contribution in [2.75, 3.05) is 38.2 Å². The quantitative estimate of drug-likeness (QED) is 0.0275. The second-order valence-electron chi connectivity index (χ2n) is 17.6. The summed E-state index contributed by atoms with van der Waals surface area (Å²) in [5.41, 5.74) is 23.5. The molecule has 3 rings (SSSR count). The molecule has 0 saturated carbocycles. The van der Waals surface area contributed by atoms with Crippen molar-refractivity contribution in [1.82, 2.24) is 36.4 Å². The van der Waals surface area contributed by atoms with Gasteiger partial charge in [0.25, 0.3) is 0 Å². The summed E-state index contributed by atoms with van der Waals surface area (Å²) < 4.78 is 0. The van der Waals surface area contributed by atoms with Gasteiger partial charge < -0.3 is 64.4 Å². The zero-order valence-corrected chi connectivity index (χ0v) is 40.2. The van der Waals surface area contributed by atoms with E-state index in [0.717, 1.165) is 5.56 Å². The Hall–Kier alpha value is -5.48. The number of unbranched alkanes of at least 4 members (excludes halogenated alkanes) is 1. The number of guanidine groups is 1. The molecule has 22 heteroatoms. The average molecular weight is 959 g/mol. The van der Waals surface area contributed by atoms with Gasteiger partial charge in [0.1, 0.15) is 42.3 Å². The fourth-order valence-electron chi connectivity index (χ4n) is 8.17. The molecule has 0 bridgehead atoms. The van der Waals surface area contributed by atoms with Crippen LogP contribution in [0.3, 0.4) is 0 Å². The highest BCUT2D eigenvalue weighted by atomic mass is 32.2. The van der Waals surface area contributed by atoms with Gasteiger partial charge in [0.2, 0.25) is 41.4 Å². The number of carboxylic acid groups (broad SMARTS) is 1. The van der Waals surface area contributed by atoms with Crippen LogP contribution in [-0.4, -0.2) is 155 Å². The minimum atomic E-state index is -1.27. The van der Waals surface area contributed by atoms with E-state index in [0.29, 0.717) is 57.2 Å². The smallest absolute Gasteiger partial charge is 0.326 e. The Morgan fingerprint density at radius 2 is 1.28 bits per heavy atom. The third-order valence-corrected chi connectivity index (χ3v) is 12.4. The van der Waals surface area contributed by atoms with Crippen LogP contribution < -0.4 is 49.5 Å². The zero-order chi connectivity index (χ0) is 49.6. The molecule has 2 saturated heterocycles. The van der Waals surface area contributed by atoms with Crippen LogP contribution >= 0.6 is 11.8 Å². The third-order valence-electron chi connectivity index (χ3n) is 11.8. The number of aliphatic imine (C=N–C) groups is 1. The van der Waals surface area contributed by atoms with Gasteiger partial charge in [-0.1, -0.05) is 44.2 Å². The molecule has 2 heterocycles. The Bertz CT molecular complexity index is 1850. The summed E-state index contributed by atoms with van der Waals surface area (Å²) in [6.45, 7) is 6.16. The zero-order valence-electron chi connectivity index (χ0n) is 39.4. The van der Waals surface area contributed by atoms with Gasteiger partial charge in [0.15, 0.2) is 5.96 Å². The van der Waals surface area contributed by atoms with Gasteiger partial charge in [-0.3, -0.25) is 38.6 Å². The first kappa shape index (κ1) is 55.8. The summed E-state index contributed by atoms with van der Waals surface area (Å²) >= 11 is 1.48. The van der Waals surface area contributed by atoms with E-state index in [4.69, 9.17) is 22.9 Å². The van der Waals surface area contributed by atoms with E-state index in [1.807, 2.05) is 50.4 Å². The molecule has 0 aromatic heterocycles. The van der Waals surface area contributed by atoms with Crippen LogP contribution in [0.4, 0.5) is 0 Å². The van der Waals surface area contributed by atoms with Crippen LogP contribution in [0.25, 0.3) is 0 Å². The van der Waals surface area contributed by atoms with E-state index < -0.39 is 95.7 Å². The van der Waals surface area contributed by atoms with Gasteiger partial charge in [-0.25, -0.2) is 4.79 Å². The number of aliphatic carboxylic acids is 1. The number of benzene rings is 1. The second kappa shape index (κ2) is 28.6. The fourth-order valence-corrected chi connectivity index (χ4v) is 8.64. The first-order valence-electron chi connectivity index (χ1n) is 23.3. The number of nitrogens with two attached hydrogens (primary N) is 4. The fraction of sp³-hybridized carbons (Fsp3) is 0.667. The van der Waals surface area contributed by atoms with Crippen molar-refractivity contribution in [3.63, 3.8) is 0 Å². The molecule has 2 fully saturated rings. The molecular weight excluding hydrogens is 885 g/mol. The lowest BCUT2D eigenvalue weighted by atomic mass is 10.0. The summed E-state index contributed by atoms with van der Waals surface area (Å²) in [5, 5.41) is 23.2. The molecule has 2 aliphatic heterocycles. The van der Waals surface area contributed by atoms with Crippen molar-refractivity contribution in [3.8, 4) is 0 Å². The number of nitrogens with zero attached hydrogens (tertiary/aromatic N) is 3. The molecule has 0 unspecified atom stereocenters. The van der Waals surface area contributed by atoms with Gasteiger partial charge >= 0.3 is 5.97 Å². The summed E-state index contributed by atoms with van der Waals surface area (Å²) in [5.74, 6) is -4.90. The molecule has 67 heavy (non-hydrogen) atoms. The van der Waals surface area contributed by atoms with E-state index in [2.05, 4.69) is 31.6 Å². The van der Waals surface area contributed by atoms with Crippen molar-refractivity contribution in [2.24, 2.45) is 33.8 Å². The number of carboxylic acids is 1. The number of hydrogen-bond donors (Lipinski definition) is 10. The summed E-state index contributed by atoms with van der Waals surface area (Å²) in [6, 6.07) is 1.00. The van der Waals surface area contributed by atoms with E-state index in [1.54, 1.807) is 0 Å². The Labute approximate surface area is 397 Å². The lowest BCUT2D eigenvalue weighted by molar-refractivity contribution is -0.144. The molecule has 1 aromatic carbocycles. The normalized spacial score (nSPS) is 18.4. The van der Waals surface area contributed by atoms with Crippen LogP contribution in [0.15, 0.2) is 35.3 Å². The summed E-state index contributed by atoms with van der Waals surface area (Å²) in [4.78, 5) is 115. The second-order valence-corrected chi connectivity index (χ2v) is 18.6. The maximum atomic E-state index is 14.4. The molecule has 8 atom stereocenters. The van der Waals surface area contributed by atoms with Crippen LogP contribution in [-0.2, 0) is 44.8 Å². The number of carbonyl (C=O) groups is 8. The Morgan fingerprint density at radius 3 is 1.82 bits per heavy atom. The van der Waals surface area contributed by atoms with E-state index >= 15 is 0 Å². The van der Waals surface area contributed by atoms with Gasteiger partial charge in [-0.05, 0) is 114 Å². The van der Waals surface area contributed by atoms with Crippen LogP contribution in [0.2, 0.25) is 0 Å². The van der Waals surface area contributed by atoms with Gasteiger partial charge in [-0.15, -0.1) is 0 Å². The maximum absolute atomic E-state index is 14.4. The minimum Gasteiger partial charge on any atom is -0.480 e. The number of hydrogen-bond acceptors (Lipinski definition) is 12. The van der Waals surface area contributed by atoms with Crippen LogP contribution in [0.1, 0.15) is 97.0 Å². The molecule has 0 radical (unpaired) electrons. The molecule has 21 nitrogen and oxygen atoms in total. The lowest BCUT2D eigenvalue weighted by Gasteiger charge is -2.32. The largest absolute Gasteiger partial charge is 0.480 e. The first-order chi connectivity index (χ1) is 31.9. The first-order valence-corrected chi connectivity index (χ1v) is 24.7. The van der Waals surface area contributed by atoms with E-state index in [1.165, 1.54) is 28.5 Å². The Morgan fingerprint density at radius 1 is 0.731 bits per heavy atom. The molecule has 1 aromatic rings. The van der Waals surface area contributed by atoms with E-state index in [9.17, 15) is 43.5 Å². The van der Waals surface area contributed by atoms with Gasteiger partial charge in [-0.2, -0.15) is 11.8 Å². The maximum Gasteiger partial charge on any atom is 0.326 e. The molecule has 14 N–H and O–H groups in total. The molecule has 374 valence electrons. The van der Waals surface area contributed by atoms with Crippen molar-refractivity contribution < 1.29 is 43.5 Å². The predicted octanol–water partition coefficient (Wildman–Crippen LogP) is -0.951. The summed E-state index contributed by atoms with van der Waals surface area (Å²) in [7, 11) is 0. The molecule has 7 amide bonds. The highest BCUT2D eigenvalue weighted by Gasteiger charge is 2.42. The standard InChI is InChI=1S/C45H74N12O9S/c1-27(2)25-34(39(60)51-28(3)37(58)54-33(44(65)66)16-10-21-50-45(48)49)55-41(62)36-18-12-23-57(36)43(64)32(19-24-67-4)53-40(61)35-17-11-22-56(35)42(63)31(15-8-9-20-46)52-38(59)30(47)26-29-13-6-5-7-14-29/h5-7,13-14,27-28,30-36H,8-12,15-26,46-47H2,1-4H3,(H,51,60)(H,52,59)(H,53,61)(H,54,58)(H,55,62)(H,65,66)(H4,48,49,50)/t28-,30+,31+,32+,33+,34+,35+,36+/m1/s1. The molecule has 2 aliphatic rings. The van der Waals surface area contributed by atoms with Crippen molar-refractivity contribution in [1.29, 1.82) is 0 Å². The number of carbonyl (C=O) groups excluding carboxylic acids is 7. The Kier molecular flexibility index (Phi) is 23.9. The molecule has 0 spiro atoms. The highest BCUT2D eigenvalue weighted by Crippen LogP contribution is 2.23. The minimum absolute atomic E-state index is 0.0328. The lowest BCUT2D eigenvalue weighted by Crippen LogP contribution is -2.59. The highest BCUT2D eigenvalue weighted by molar-refractivity contribution is 7.98. The van der Waals surface area contributed by atoms with Gasteiger partial charge in [0.05, 0.1) is 6.04 Å². The third kappa shape index (κ3) is 18.3. The van der Waals surface area contributed by atoms with Crippen molar-refractivity contribution in [3.05, 3.63) is 35.9 Å². The average Bonchev–Trinajstić information content (AvgIpc) is 3.99. The number of likely N-dealkylation sites (tertiary alicyclic amines) is 2. The predicted molar refractivity (Wildman–Crippen MR) is 256 cm³/mol. The molecular formula is C45H74N12O9S. The van der Waals surface area contributed by atoms with Gasteiger partial charge in [0, 0.05) is 19.6 Å². The number of nitrogens with one attached hydrogen (secondary N) is 5. The topological polar surface area (TPSA) is 340 Å². The van der Waals surface area contributed by atoms with E-state index in [-0.39, 0.29) is 63.6 Å². The monoisotopic (exact) mass is 959 g/mol. The van der Waals surface area contributed by atoms with Crippen LogP contribution in [0, 0.1) is 5.92 Å². The molecule has 0 aliphatic carbocycles. The van der Waals surface area contributed by atoms with Crippen molar-refractivity contribution >= 4 is 65.0 Å².